The van der Waals surface area contributed by atoms with Crippen LogP contribution in [0.4, 0.5) is 0 Å². The van der Waals surface area contributed by atoms with E-state index < -0.39 is 0 Å². The molecule has 0 saturated heterocycles. The number of hydrogen-bond acceptors (Lipinski definition) is 2. The first kappa shape index (κ1) is 19.6. The van der Waals surface area contributed by atoms with Crippen LogP contribution < -0.4 is 0 Å². The maximum atomic E-state index is 4.29. The molecule has 0 spiro atoms. The Morgan fingerprint density at radius 3 is 2.16 bits per heavy atom. The zero-order valence-corrected chi connectivity index (χ0v) is 13.3. The van der Waals surface area contributed by atoms with Crippen molar-refractivity contribution in [1.82, 2.24) is 4.98 Å². The minimum atomic E-state index is 0.944. The molecule has 0 aliphatic heterocycles. The average molecular weight is 260 g/mol. The van der Waals surface area contributed by atoms with E-state index in [0.29, 0.717) is 0 Å². The topological polar surface area (TPSA) is 25.2 Å². The van der Waals surface area contributed by atoms with Crippen molar-refractivity contribution in [3.63, 3.8) is 0 Å². The van der Waals surface area contributed by atoms with Gasteiger partial charge in [0.1, 0.15) is 0 Å². The molecule has 0 unspecified atom stereocenters. The zero-order valence-electron chi connectivity index (χ0n) is 13.3. The fourth-order valence-corrected chi connectivity index (χ4v) is 1.07. The molecule has 0 N–H and O–H groups in total. The van der Waals surface area contributed by atoms with Crippen molar-refractivity contribution >= 4 is 6.72 Å². The molecule has 1 heterocycles. The molecule has 0 amide bonds. The second-order valence-corrected chi connectivity index (χ2v) is 3.75. The Labute approximate surface area is 119 Å². The molecule has 2 heteroatoms. The number of hydrogen-bond donors (Lipinski definition) is 0. The Kier molecular flexibility index (Phi) is 13.2. The first-order valence-corrected chi connectivity index (χ1v) is 6.74. The fourth-order valence-electron chi connectivity index (χ4n) is 1.07. The van der Waals surface area contributed by atoms with Gasteiger partial charge in [0.15, 0.2) is 0 Å². The van der Waals surface area contributed by atoms with Crippen molar-refractivity contribution in [1.29, 1.82) is 0 Å². The summed E-state index contributed by atoms with van der Waals surface area (Å²) in [5.74, 6) is 0. The van der Waals surface area contributed by atoms with Gasteiger partial charge >= 0.3 is 0 Å². The monoisotopic (exact) mass is 260 g/mol. The third kappa shape index (κ3) is 9.95. The lowest BCUT2D eigenvalue weighted by Crippen LogP contribution is -1.87. The third-order valence-electron chi connectivity index (χ3n) is 2.42. The molecular formula is C17H28N2. The number of nitrogens with zero attached hydrogens (tertiary/aromatic N) is 2. The highest BCUT2D eigenvalue weighted by Gasteiger charge is 1.87. The quantitative estimate of drug-likeness (QED) is 0.545. The molecule has 0 bridgehead atoms. The van der Waals surface area contributed by atoms with Crippen LogP contribution >= 0.6 is 0 Å². The SMILES string of the molecule is C=C/C(C)=C(/C)N=C.CC.CCc1cccc(C)n1. The van der Waals surface area contributed by atoms with E-state index in [2.05, 4.69) is 30.2 Å². The molecule has 1 aromatic heterocycles. The van der Waals surface area contributed by atoms with Crippen LogP contribution in [0, 0.1) is 6.92 Å². The smallest absolute Gasteiger partial charge is 0.0404 e. The van der Waals surface area contributed by atoms with Crippen LogP contribution in [0.5, 0.6) is 0 Å². The fraction of sp³-hybridized carbons (Fsp3) is 0.412. The van der Waals surface area contributed by atoms with Gasteiger partial charge in [0.2, 0.25) is 0 Å². The van der Waals surface area contributed by atoms with Gasteiger partial charge in [-0.25, -0.2) is 0 Å². The summed E-state index contributed by atoms with van der Waals surface area (Å²) in [4.78, 5) is 8.01. The summed E-state index contributed by atoms with van der Waals surface area (Å²) in [6, 6.07) is 6.10. The van der Waals surface area contributed by atoms with Crippen LogP contribution in [-0.4, -0.2) is 11.7 Å². The highest BCUT2D eigenvalue weighted by molar-refractivity contribution is 5.31. The van der Waals surface area contributed by atoms with E-state index in [1.165, 1.54) is 5.69 Å². The largest absolute Gasteiger partial charge is 0.269 e. The van der Waals surface area contributed by atoms with Gasteiger partial charge in [-0.15, -0.1) is 0 Å². The summed E-state index contributed by atoms with van der Waals surface area (Å²) in [7, 11) is 0. The van der Waals surface area contributed by atoms with Crippen molar-refractivity contribution in [2.45, 2.75) is 48.0 Å². The van der Waals surface area contributed by atoms with Crippen molar-refractivity contribution in [3.05, 3.63) is 53.5 Å². The Morgan fingerprint density at radius 1 is 1.32 bits per heavy atom. The van der Waals surface area contributed by atoms with Crippen LogP contribution in [-0.2, 0) is 6.42 Å². The minimum absolute atomic E-state index is 0.944. The van der Waals surface area contributed by atoms with E-state index in [4.69, 9.17) is 0 Å². The highest BCUT2D eigenvalue weighted by atomic mass is 14.7. The molecule has 1 rings (SSSR count). The van der Waals surface area contributed by atoms with Gasteiger partial charge in [-0.05, 0) is 51.6 Å². The van der Waals surface area contributed by atoms with E-state index in [1.54, 1.807) is 6.08 Å². The van der Waals surface area contributed by atoms with E-state index in [-0.39, 0.29) is 0 Å². The molecular weight excluding hydrogens is 232 g/mol. The Morgan fingerprint density at radius 2 is 1.89 bits per heavy atom. The summed E-state index contributed by atoms with van der Waals surface area (Å²) >= 11 is 0. The van der Waals surface area contributed by atoms with Crippen LogP contribution in [0.3, 0.4) is 0 Å². The molecule has 0 atom stereocenters. The maximum Gasteiger partial charge on any atom is 0.0404 e. The number of aliphatic imine (C=N–C) groups is 1. The Balaban J connectivity index is 0. The summed E-state index contributed by atoms with van der Waals surface area (Å²) in [6.07, 6.45) is 2.80. The number of rotatable bonds is 3. The predicted molar refractivity (Wildman–Crippen MR) is 87.8 cm³/mol. The predicted octanol–water partition coefficient (Wildman–Crippen LogP) is 5.15. The van der Waals surface area contributed by atoms with Crippen LogP contribution in [0.1, 0.15) is 46.0 Å². The van der Waals surface area contributed by atoms with Crippen molar-refractivity contribution in [2.75, 3.05) is 0 Å². The van der Waals surface area contributed by atoms with Gasteiger partial charge in [-0.2, -0.15) is 0 Å². The first-order valence-electron chi connectivity index (χ1n) is 6.74. The standard InChI is InChI=1S/C8H11N.C7H11N.C2H6/c1-3-8-6-4-5-7(2)9-8;1-5-6(2)7(3)8-4;1-2/h4-6H,3H2,1-2H3;5H,1,4H2,2-3H3;1-2H3/b;7-6-;. The van der Waals surface area contributed by atoms with Crippen molar-refractivity contribution in [3.8, 4) is 0 Å². The van der Waals surface area contributed by atoms with E-state index in [9.17, 15) is 0 Å². The minimum Gasteiger partial charge on any atom is -0.269 e. The summed E-state index contributed by atoms with van der Waals surface area (Å²) < 4.78 is 0. The molecule has 0 radical (unpaired) electrons. The molecule has 0 aliphatic rings. The lowest BCUT2D eigenvalue weighted by atomic mass is 10.2. The molecule has 0 aliphatic carbocycles. The second kappa shape index (κ2) is 12.7. The van der Waals surface area contributed by atoms with Gasteiger partial charge in [0, 0.05) is 17.1 Å². The zero-order chi connectivity index (χ0) is 15.3. The number of pyridine rings is 1. The molecule has 1 aromatic rings. The molecule has 2 nitrogen and oxygen atoms in total. The van der Waals surface area contributed by atoms with Gasteiger partial charge in [0.25, 0.3) is 0 Å². The van der Waals surface area contributed by atoms with Crippen LogP contribution in [0.25, 0.3) is 0 Å². The summed E-state index contributed by atoms with van der Waals surface area (Å²) in [6.45, 7) is 18.9. The van der Waals surface area contributed by atoms with Crippen molar-refractivity contribution in [2.24, 2.45) is 4.99 Å². The first-order chi connectivity index (χ1) is 9.04. The molecule has 0 aromatic carbocycles. The summed E-state index contributed by atoms with van der Waals surface area (Å²) in [5.41, 5.74) is 4.31. The molecule has 0 fully saturated rings. The van der Waals surface area contributed by atoms with Crippen molar-refractivity contribution < 1.29 is 0 Å². The Hall–Kier alpha value is -1.70. The van der Waals surface area contributed by atoms with Crippen LogP contribution in [0.2, 0.25) is 0 Å². The molecule has 19 heavy (non-hydrogen) atoms. The number of aromatic nitrogens is 1. The van der Waals surface area contributed by atoms with Gasteiger partial charge in [-0.3, -0.25) is 9.98 Å². The Bertz CT molecular complexity index is 387. The molecule has 0 saturated carbocycles. The number of allylic oxidation sites excluding steroid dienone is 3. The second-order valence-electron chi connectivity index (χ2n) is 3.75. The van der Waals surface area contributed by atoms with E-state index in [1.807, 2.05) is 52.8 Å². The van der Waals surface area contributed by atoms with Gasteiger partial charge in [0.05, 0.1) is 0 Å². The van der Waals surface area contributed by atoms with Gasteiger partial charge < -0.3 is 0 Å². The lowest BCUT2D eigenvalue weighted by molar-refractivity contribution is 1.01. The molecule has 106 valence electrons. The lowest BCUT2D eigenvalue weighted by Gasteiger charge is -1.94. The van der Waals surface area contributed by atoms with E-state index >= 15 is 0 Å². The number of aryl methyl sites for hydroxylation is 2. The average Bonchev–Trinajstić information content (AvgIpc) is 2.48. The normalized spacial score (nSPS) is 10.0. The van der Waals surface area contributed by atoms with Crippen LogP contribution in [0.15, 0.2) is 47.1 Å². The van der Waals surface area contributed by atoms with E-state index in [0.717, 1.165) is 23.4 Å². The third-order valence-corrected chi connectivity index (χ3v) is 2.42. The van der Waals surface area contributed by atoms with Gasteiger partial charge in [-0.1, -0.05) is 39.5 Å². The summed E-state index contributed by atoms with van der Waals surface area (Å²) in [5, 5.41) is 0. The highest BCUT2D eigenvalue weighted by Crippen LogP contribution is 2.02. The maximum absolute atomic E-state index is 4.29.